The van der Waals surface area contributed by atoms with E-state index in [9.17, 15) is 14.4 Å². The lowest BCUT2D eigenvalue weighted by Gasteiger charge is -2.18. The summed E-state index contributed by atoms with van der Waals surface area (Å²) in [6, 6.07) is 0. The highest BCUT2D eigenvalue weighted by molar-refractivity contribution is 5.88. The quantitative estimate of drug-likeness (QED) is 0.693. The molecule has 1 aromatic rings. The summed E-state index contributed by atoms with van der Waals surface area (Å²) in [6.07, 6.45) is 0.264. The Kier molecular flexibility index (Phi) is 3.64. The van der Waals surface area contributed by atoms with Gasteiger partial charge in [-0.1, -0.05) is 0 Å². The number of hydrogen-bond donors (Lipinski definition) is 0. The predicted molar refractivity (Wildman–Crippen MR) is 62.6 cm³/mol. The summed E-state index contributed by atoms with van der Waals surface area (Å²) in [7, 11) is 2.56. The highest BCUT2D eigenvalue weighted by Gasteiger charge is 2.23. The van der Waals surface area contributed by atoms with Crippen molar-refractivity contribution in [2.45, 2.75) is 26.4 Å². The van der Waals surface area contributed by atoms with E-state index in [1.54, 1.807) is 20.8 Å². The molecule has 0 bridgehead atoms. The standard InChI is InChI=1S/C11H16N2O5/c1-11(2,3)18-10(16)13-6-7(8(14)17-5)12(4)9(13)15/h6H,1-5H3. The van der Waals surface area contributed by atoms with Gasteiger partial charge in [0.25, 0.3) is 0 Å². The Morgan fingerprint density at radius 2 is 1.83 bits per heavy atom. The third-order valence-electron chi connectivity index (χ3n) is 2.09. The molecule has 0 atom stereocenters. The van der Waals surface area contributed by atoms with Crippen molar-refractivity contribution in [3.8, 4) is 0 Å². The van der Waals surface area contributed by atoms with E-state index in [0.29, 0.717) is 0 Å². The van der Waals surface area contributed by atoms with Gasteiger partial charge in [0.2, 0.25) is 0 Å². The molecule has 0 saturated carbocycles. The van der Waals surface area contributed by atoms with Crippen molar-refractivity contribution in [1.29, 1.82) is 0 Å². The van der Waals surface area contributed by atoms with E-state index in [0.717, 1.165) is 15.3 Å². The van der Waals surface area contributed by atoms with Crippen LogP contribution in [-0.2, 0) is 16.5 Å². The third kappa shape index (κ3) is 2.79. The third-order valence-corrected chi connectivity index (χ3v) is 2.09. The predicted octanol–water partition coefficient (Wildman–Crippen LogP) is 0.757. The van der Waals surface area contributed by atoms with Gasteiger partial charge in [0.1, 0.15) is 11.3 Å². The largest absolute Gasteiger partial charge is 0.464 e. The molecule has 1 rings (SSSR count). The second-order valence-corrected chi connectivity index (χ2v) is 4.70. The Balaban J connectivity index is 3.16. The molecular formula is C11H16N2O5. The van der Waals surface area contributed by atoms with Crippen LogP contribution in [0, 0.1) is 0 Å². The van der Waals surface area contributed by atoms with Crippen LogP contribution in [-0.4, -0.2) is 33.9 Å². The number of carbonyl (C=O) groups is 2. The first-order valence-electron chi connectivity index (χ1n) is 5.27. The molecule has 0 radical (unpaired) electrons. The number of hydrogen-bond acceptors (Lipinski definition) is 5. The number of aromatic nitrogens is 2. The zero-order valence-corrected chi connectivity index (χ0v) is 11.0. The lowest BCUT2D eigenvalue weighted by atomic mass is 10.2. The van der Waals surface area contributed by atoms with Crippen molar-refractivity contribution in [2.24, 2.45) is 7.05 Å². The van der Waals surface area contributed by atoms with Crippen LogP contribution in [0.15, 0.2) is 11.0 Å². The van der Waals surface area contributed by atoms with E-state index in [1.165, 1.54) is 14.2 Å². The van der Waals surface area contributed by atoms with Gasteiger partial charge in [-0.25, -0.2) is 19.0 Å². The van der Waals surface area contributed by atoms with E-state index < -0.39 is 23.4 Å². The zero-order chi connectivity index (χ0) is 14.1. The molecule has 0 aliphatic rings. The smallest absolute Gasteiger partial charge is 0.422 e. The van der Waals surface area contributed by atoms with Gasteiger partial charge in [-0.05, 0) is 20.8 Å². The number of esters is 1. The highest BCUT2D eigenvalue weighted by atomic mass is 16.6. The van der Waals surface area contributed by atoms with Gasteiger partial charge in [0.15, 0.2) is 0 Å². The maximum absolute atomic E-state index is 11.8. The number of nitrogens with zero attached hydrogens (tertiary/aromatic N) is 2. The van der Waals surface area contributed by atoms with Gasteiger partial charge in [-0.2, -0.15) is 0 Å². The zero-order valence-electron chi connectivity index (χ0n) is 11.0. The van der Waals surface area contributed by atoms with Gasteiger partial charge in [0, 0.05) is 7.05 Å². The first-order chi connectivity index (χ1) is 8.17. The summed E-state index contributed by atoms with van der Waals surface area (Å²) in [4.78, 5) is 34.8. The van der Waals surface area contributed by atoms with E-state index in [2.05, 4.69) is 4.74 Å². The van der Waals surface area contributed by atoms with Crippen LogP contribution in [0.3, 0.4) is 0 Å². The normalized spacial score (nSPS) is 11.2. The molecule has 0 aromatic carbocycles. The molecule has 1 heterocycles. The maximum atomic E-state index is 11.8. The van der Waals surface area contributed by atoms with Crippen molar-refractivity contribution in [3.63, 3.8) is 0 Å². The fourth-order valence-corrected chi connectivity index (χ4v) is 1.26. The Morgan fingerprint density at radius 3 is 2.28 bits per heavy atom. The van der Waals surface area contributed by atoms with Crippen molar-refractivity contribution in [1.82, 2.24) is 9.13 Å². The molecular weight excluding hydrogens is 240 g/mol. The Labute approximate surface area is 104 Å². The maximum Gasteiger partial charge on any atom is 0.422 e. The summed E-state index contributed by atoms with van der Waals surface area (Å²) in [5, 5.41) is 0. The van der Waals surface area contributed by atoms with Crippen molar-refractivity contribution < 1.29 is 19.1 Å². The van der Waals surface area contributed by atoms with Gasteiger partial charge >= 0.3 is 17.8 Å². The number of imidazole rings is 1. The van der Waals surface area contributed by atoms with E-state index in [1.807, 2.05) is 0 Å². The molecule has 18 heavy (non-hydrogen) atoms. The summed E-state index contributed by atoms with van der Waals surface area (Å²) in [5.74, 6) is -0.697. The summed E-state index contributed by atoms with van der Waals surface area (Å²) < 4.78 is 11.3. The van der Waals surface area contributed by atoms with Crippen molar-refractivity contribution in [2.75, 3.05) is 7.11 Å². The van der Waals surface area contributed by atoms with Crippen molar-refractivity contribution in [3.05, 3.63) is 22.4 Å². The van der Waals surface area contributed by atoms with E-state index in [4.69, 9.17) is 4.74 Å². The van der Waals surface area contributed by atoms with Gasteiger partial charge < -0.3 is 9.47 Å². The van der Waals surface area contributed by atoms with Crippen LogP contribution in [0.25, 0.3) is 0 Å². The second kappa shape index (κ2) is 4.67. The van der Waals surface area contributed by atoms with Crippen LogP contribution < -0.4 is 5.69 Å². The van der Waals surface area contributed by atoms with E-state index >= 15 is 0 Å². The van der Waals surface area contributed by atoms with Gasteiger partial charge in [-0.15, -0.1) is 0 Å². The molecule has 100 valence electrons. The van der Waals surface area contributed by atoms with Crippen LogP contribution in [0.5, 0.6) is 0 Å². The Bertz CT molecular complexity index is 533. The molecule has 0 aliphatic carbocycles. The molecule has 0 spiro atoms. The van der Waals surface area contributed by atoms with Gasteiger partial charge in [-0.3, -0.25) is 4.57 Å². The summed E-state index contributed by atoms with van der Waals surface area (Å²) in [5.41, 5.74) is -1.41. The topological polar surface area (TPSA) is 79.5 Å². The van der Waals surface area contributed by atoms with Crippen LogP contribution in [0.4, 0.5) is 4.79 Å². The molecule has 0 saturated heterocycles. The minimum atomic E-state index is -0.835. The number of methoxy groups -OCH3 is 1. The molecule has 1 aromatic heterocycles. The first kappa shape index (κ1) is 14.0. The number of carbonyl (C=O) groups excluding carboxylic acids is 2. The fourth-order valence-electron chi connectivity index (χ4n) is 1.26. The molecule has 0 fully saturated rings. The van der Waals surface area contributed by atoms with Crippen LogP contribution >= 0.6 is 0 Å². The summed E-state index contributed by atoms with van der Waals surface area (Å²) in [6.45, 7) is 5.04. The number of rotatable bonds is 1. The van der Waals surface area contributed by atoms with Gasteiger partial charge in [0.05, 0.1) is 13.3 Å². The molecule has 7 heteroatoms. The molecule has 0 unspecified atom stereocenters. The summed E-state index contributed by atoms with van der Waals surface area (Å²) >= 11 is 0. The molecule has 0 aliphatic heterocycles. The highest BCUT2D eigenvalue weighted by Crippen LogP contribution is 2.08. The molecule has 0 N–H and O–H groups in total. The second-order valence-electron chi connectivity index (χ2n) is 4.70. The fraction of sp³-hybridized carbons (Fsp3) is 0.545. The number of ether oxygens (including phenoxy) is 2. The van der Waals surface area contributed by atoms with Crippen LogP contribution in [0.1, 0.15) is 31.3 Å². The average Bonchev–Trinajstić information content (AvgIpc) is 2.53. The monoisotopic (exact) mass is 256 g/mol. The SMILES string of the molecule is COC(=O)c1cn(C(=O)OC(C)(C)C)c(=O)n1C. The molecule has 7 nitrogen and oxygen atoms in total. The molecule has 0 amide bonds. The average molecular weight is 256 g/mol. The minimum absolute atomic E-state index is 0.0200. The van der Waals surface area contributed by atoms with Crippen molar-refractivity contribution >= 4 is 12.1 Å². The lowest BCUT2D eigenvalue weighted by molar-refractivity contribution is 0.0530. The Morgan fingerprint density at radius 1 is 1.28 bits per heavy atom. The first-order valence-corrected chi connectivity index (χ1v) is 5.27. The van der Waals surface area contributed by atoms with E-state index in [-0.39, 0.29) is 5.69 Å². The minimum Gasteiger partial charge on any atom is -0.464 e. The van der Waals surface area contributed by atoms with Crippen LogP contribution in [0.2, 0.25) is 0 Å². The Hall–Kier alpha value is -2.05. The lowest BCUT2D eigenvalue weighted by Crippen LogP contribution is -2.33.